The Labute approximate surface area is 141 Å². The molecule has 20 heavy (non-hydrogen) atoms. The van der Waals surface area contributed by atoms with Crippen LogP contribution in [0.15, 0.2) is 32.1 Å². The molecule has 1 fully saturated rings. The molecule has 1 N–H and O–H groups in total. The predicted octanol–water partition coefficient (Wildman–Crippen LogP) is 5.68. The summed E-state index contributed by atoms with van der Waals surface area (Å²) in [6.07, 6.45) is 5.16. The van der Waals surface area contributed by atoms with Gasteiger partial charge in [0, 0.05) is 14.7 Å². The van der Waals surface area contributed by atoms with E-state index in [1.165, 1.54) is 25.7 Å². The summed E-state index contributed by atoms with van der Waals surface area (Å²) in [5.41, 5.74) is 1.26. The topological polar surface area (TPSA) is 24.4 Å². The third-order valence-electron chi connectivity index (χ3n) is 4.08. The third kappa shape index (κ3) is 3.09. The monoisotopic (exact) mass is 416 g/mol. The quantitative estimate of drug-likeness (QED) is 0.635. The molecule has 0 saturated heterocycles. The molecule has 0 radical (unpaired) electrons. The van der Waals surface area contributed by atoms with Crippen molar-refractivity contribution >= 4 is 54.5 Å². The number of anilines is 1. The Morgan fingerprint density at radius 1 is 1.35 bits per heavy atom. The molecule has 1 saturated carbocycles. The lowest BCUT2D eigenvalue weighted by Crippen LogP contribution is -2.33. The fourth-order valence-corrected chi connectivity index (χ4v) is 5.50. The van der Waals surface area contributed by atoms with Crippen LogP contribution in [0.3, 0.4) is 0 Å². The minimum absolute atomic E-state index is 0.193. The molecule has 2 nitrogen and oxygen atoms in total. The Kier molecular flexibility index (Phi) is 4.48. The number of halogens is 2. The molecule has 1 heterocycles. The Balaban J connectivity index is 1.79. The number of benzene rings is 1. The van der Waals surface area contributed by atoms with Crippen molar-refractivity contribution in [2.75, 3.05) is 11.1 Å². The Hall–Kier alpha value is -0.000000000000000111. The van der Waals surface area contributed by atoms with Crippen LogP contribution in [0, 0.1) is 5.92 Å². The van der Waals surface area contributed by atoms with E-state index in [9.17, 15) is 0 Å². The van der Waals surface area contributed by atoms with E-state index in [-0.39, 0.29) is 5.54 Å². The van der Waals surface area contributed by atoms with E-state index in [0.29, 0.717) is 0 Å². The number of hydrogen-bond acceptors (Lipinski definition) is 3. The van der Waals surface area contributed by atoms with Crippen LogP contribution in [-0.4, -0.2) is 16.5 Å². The van der Waals surface area contributed by atoms with Crippen molar-refractivity contribution in [1.29, 1.82) is 0 Å². The predicted molar refractivity (Wildman–Crippen MR) is 95.7 cm³/mol. The molecule has 1 aliphatic heterocycles. The molecule has 0 amide bonds. The van der Waals surface area contributed by atoms with Crippen molar-refractivity contribution in [2.45, 2.75) is 38.1 Å². The van der Waals surface area contributed by atoms with E-state index in [0.717, 1.165) is 31.5 Å². The molecule has 2 aliphatic rings. The van der Waals surface area contributed by atoms with Crippen molar-refractivity contribution < 1.29 is 0 Å². The number of nitrogens with one attached hydrogen (secondary N) is 1. The summed E-state index contributed by atoms with van der Waals surface area (Å²) in [4.78, 5) is 5.03. The van der Waals surface area contributed by atoms with E-state index in [1.54, 1.807) is 0 Å². The summed E-state index contributed by atoms with van der Waals surface area (Å²) < 4.78 is 2.13. The molecule has 3 rings (SSSR count). The minimum atomic E-state index is 0.193. The minimum Gasteiger partial charge on any atom is -0.333 e. The summed E-state index contributed by atoms with van der Waals surface area (Å²) in [7, 11) is 0. The summed E-state index contributed by atoms with van der Waals surface area (Å²) >= 11 is 9.05. The Morgan fingerprint density at radius 3 is 2.80 bits per heavy atom. The zero-order chi connectivity index (χ0) is 14.2. The van der Waals surface area contributed by atoms with Gasteiger partial charge in [0.05, 0.1) is 11.2 Å². The smallest absolute Gasteiger partial charge is 0.161 e. The number of amidine groups is 1. The highest BCUT2D eigenvalue weighted by molar-refractivity contribution is 9.11. The summed E-state index contributed by atoms with van der Waals surface area (Å²) in [5, 5.41) is 4.54. The van der Waals surface area contributed by atoms with Gasteiger partial charge in [0.2, 0.25) is 0 Å². The van der Waals surface area contributed by atoms with Crippen molar-refractivity contribution in [3.8, 4) is 0 Å². The largest absolute Gasteiger partial charge is 0.333 e. The fraction of sp³-hybridized carbons (Fsp3) is 0.533. The average Bonchev–Trinajstić information content (AvgIpc) is 2.76. The van der Waals surface area contributed by atoms with Crippen molar-refractivity contribution in [3.63, 3.8) is 0 Å². The van der Waals surface area contributed by atoms with Crippen molar-refractivity contribution in [3.05, 3.63) is 27.1 Å². The molecule has 2 atom stereocenters. The maximum atomic E-state index is 5.03. The highest BCUT2D eigenvalue weighted by atomic mass is 79.9. The molecule has 1 aromatic rings. The maximum absolute atomic E-state index is 5.03. The van der Waals surface area contributed by atoms with Gasteiger partial charge in [-0.1, -0.05) is 37.6 Å². The highest BCUT2D eigenvalue weighted by Gasteiger charge is 2.39. The van der Waals surface area contributed by atoms with Gasteiger partial charge in [0.25, 0.3) is 0 Å². The van der Waals surface area contributed by atoms with Gasteiger partial charge in [-0.25, -0.2) is 0 Å². The second kappa shape index (κ2) is 6.01. The van der Waals surface area contributed by atoms with Crippen molar-refractivity contribution in [2.24, 2.45) is 10.9 Å². The van der Waals surface area contributed by atoms with Crippen LogP contribution in [0.2, 0.25) is 0 Å². The van der Waals surface area contributed by atoms with Gasteiger partial charge >= 0.3 is 0 Å². The molecule has 5 heteroatoms. The molecule has 0 bridgehead atoms. The van der Waals surface area contributed by atoms with E-state index < -0.39 is 0 Å². The van der Waals surface area contributed by atoms with Gasteiger partial charge in [-0.3, -0.25) is 4.99 Å². The van der Waals surface area contributed by atoms with Crippen molar-refractivity contribution in [1.82, 2.24) is 0 Å². The van der Waals surface area contributed by atoms with Gasteiger partial charge in [-0.2, -0.15) is 0 Å². The van der Waals surface area contributed by atoms with Crippen LogP contribution in [-0.2, 0) is 0 Å². The lowest BCUT2D eigenvalue weighted by atomic mass is 9.78. The summed E-state index contributed by atoms with van der Waals surface area (Å²) in [6, 6.07) is 6.12. The zero-order valence-corrected chi connectivity index (χ0v) is 15.4. The average molecular weight is 418 g/mol. The molecular formula is C15H18Br2N2S. The maximum Gasteiger partial charge on any atom is 0.161 e. The first kappa shape index (κ1) is 14.9. The first-order valence-corrected chi connectivity index (χ1v) is 9.59. The standard InChI is InChI=1S/C15H18Br2N2S/c1-10-4-3-7-15(8-10)9-20-14(19-15)18-13-11(16)5-2-6-12(13)17/h2,5-6,10H,3-4,7-9H2,1H3,(H,18,19). The fourth-order valence-electron chi connectivity index (χ4n) is 3.14. The molecule has 0 aromatic heterocycles. The van der Waals surface area contributed by atoms with Crippen LogP contribution in [0.5, 0.6) is 0 Å². The second-order valence-electron chi connectivity index (χ2n) is 5.85. The number of thioether (sulfide) groups is 1. The molecule has 1 aliphatic carbocycles. The normalized spacial score (nSPS) is 29.6. The van der Waals surface area contributed by atoms with E-state index in [1.807, 2.05) is 30.0 Å². The molecular weight excluding hydrogens is 400 g/mol. The van der Waals surface area contributed by atoms with E-state index in [2.05, 4.69) is 44.1 Å². The lowest BCUT2D eigenvalue weighted by molar-refractivity contribution is 0.266. The van der Waals surface area contributed by atoms with Crippen LogP contribution in [0.4, 0.5) is 5.69 Å². The number of nitrogens with zero attached hydrogens (tertiary/aromatic N) is 1. The lowest BCUT2D eigenvalue weighted by Gasteiger charge is -2.33. The number of rotatable bonds is 1. The SMILES string of the molecule is CC1CCCC2(CSC(Nc3c(Br)cccc3Br)=N2)C1. The van der Waals surface area contributed by atoms with Gasteiger partial charge < -0.3 is 5.32 Å². The second-order valence-corrected chi connectivity index (χ2v) is 8.53. The first-order valence-electron chi connectivity index (χ1n) is 7.02. The summed E-state index contributed by atoms with van der Waals surface area (Å²) in [5.74, 6) is 1.93. The summed E-state index contributed by atoms with van der Waals surface area (Å²) in [6.45, 7) is 2.36. The van der Waals surface area contributed by atoms with Crippen LogP contribution in [0.1, 0.15) is 32.6 Å². The van der Waals surface area contributed by atoms with Gasteiger partial charge in [0.1, 0.15) is 0 Å². The Morgan fingerprint density at radius 2 is 2.10 bits per heavy atom. The van der Waals surface area contributed by atoms with Gasteiger partial charge in [0.15, 0.2) is 5.17 Å². The molecule has 1 spiro atoms. The zero-order valence-electron chi connectivity index (χ0n) is 11.5. The van der Waals surface area contributed by atoms with Crippen LogP contribution < -0.4 is 5.32 Å². The van der Waals surface area contributed by atoms with Crippen LogP contribution >= 0.6 is 43.6 Å². The molecule has 1 aromatic carbocycles. The van der Waals surface area contributed by atoms with Gasteiger partial charge in [-0.15, -0.1) is 0 Å². The molecule has 2 unspecified atom stereocenters. The number of hydrogen-bond donors (Lipinski definition) is 1. The third-order valence-corrected chi connectivity index (χ3v) is 6.55. The van der Waals surface area contributed by atoms with Crippen LogP contribution in [0.25, 0.3) is 0 Å². The Bertz CT molecular complexity index is 526. The van der Waals surface area contributed by atoms with E-state index in [4.69, 9.17) is 4.99 Å². The molecule has 108 valence electrons. The highest BCUT2D eigenvalue weighted by Crippen LogP contribution is 2.42. The first-order chi connectivity index (χ1) is 9.58. The van der Waals surface area contributed by atoms with E-state index >= 15 is 0 Å². The number of aliphatic imine (C=N–C) groups is 1. The number of para-hydroxylation sites is 1. The van der Waals surface area contributed by atoms with Gasteiger partial charge in [-0.05, 0) is 62.8 Å².